The predicted octanol–water partition coefficient (Wildman–Crippen LogP) is 3.54. The van der Waals surface area contributed by atoms with E-state index in [4.69, 9.17) is 0 Å². The molecule has 0 atom stereocenters. The lowest BCUT2D eigenvalue weighted by Crippen LogP contribution is -2.22. The van der Waals surface area contributed by atoms with Gasteiger partial charge in [-0.15, -0.1) is 10.2 Å². The van der Waals surface area contributed by atoms with Gasteiger partial charge in [-0.05, 0) is 36.4 Å². The number of rotatable bonds is 5. The molecule has 0 unspecified atom stereocenters. The molecule has 2 rings (SSSR count). The van der Waals surface area contributed by atoms with E-state index in [1.165, 1.54) is 10.5 Å². The summed E-state index contributed by atoms with van der Waals surface area (Å²) >= 11 is 5.18. The monoisotopic (exact) mass is 354 g/mol. The molecule has 0 amide bonds. The second kappa shape index (κ2) is 6.74. The number of aromatic nitrogens is 3. The van der Waals surface area contributed by atoms with E-state index in [1.54, 1.807) is 11.8 Å². The van der Waals surface area contributed by atoms with Gasteiger partial charge in [-0.1, -0.05) is 35.8 Å². The SMILES string of the molecule is Cc1nnc(Sc2cc(Br)ccc2CNC(C)C)n1C. The number of benzene rings is 1. The summed E-state index contributed by atoms with van der Waals surface area (Å²) < 4.78 is 3.08. The highest BCUT2D eigenvalue weighted by Gasteiger charge is 2.11. The summed E-state index contributed by atoms with van der Waals surface area (Å²) in [6.07, 6.45) is 0. The Hall–Kier alpha value is -0.850. The van der Waals surface area contributed by atoms with E-state index in [2.05, 4.69) is 63.5 Å². The number of aryl methyl sites for hydroxylation is 1. The lowest BCUT2D eigenvalue weighted by molar-refractivity contribution is 0.584. The van der Waals surface area contributed by atoms with Crippen molar-refractivity contribution in [2.45, 2.75) is 43.4 Å². The largest absolute Gasteiger partial charge is 0.310 e. The molecule has 6 heteroatoms. The first-order valence-corrected chi connectivity index (χ1v) is 8.14. The molecule has 4 nitrogen and oxygen atoms in total. The Morgan fingerprint density at radius 3 is 2.70 bits per heavy atom. The Morgan fingerprint density at radius 1 is 1.35 bits per heavy atom. The summed E-state index contributed by atoms with van der Waals surface area (Å²) in [6.45, 7) is 7.11. The van der Waals surface area contributed by atoms with E-state index < -0.39 is 0 Å². The third-order valence-corrected chi connectivity index (χ3v) is 4.62. The molecule has 108 valence electrons. The second-order valence-electron chi connectivity index (χ2n) is 4.98. The maximum Gasteiger partial charge on any atom is 0.195 e. The molecular formula is C14H19BrN4S. The lowest BCUT2D eigenvalue weighted by atomic mass is 10.2. The van der Waals surface area contributed by atoms with Crippen LogP contribution in [0.2, 0.25) is 0 Å². The first-order chi connectivity index (χ1) is 9.47. The average molecular weight is 355 g/mol. The Morgan fingerprint density at radius 2 is 2.10 bits per heavy atom. The van der Waals surface area contributed by atoms with Crippen LogP contribution in [-0.4, -0.2) is 20.8 Å². The highest BCUT2D eigenvalue weighted by Crippen LogP contribution is 2.31. The average Bonchev–Trinajstić information content (AvgIpc) is 2.70. The summed E-state index contributed by atoms with van der Waals surface area (Å²) in [5.41, 5.74) is 1.27. The molecule has 2 aromatic rings. The maximum atomic E-state index is 4.22. The molecule has 0 aliphatic heterocycles. The zero-order valence-corrected chi connectivity index (χ0v) is 14.5. The van der Waals surface area contributed by atoms with E-state index in [0.29, 0.717) is 6.04 Å². The zero-order valence-electron chi connectivity index (χ0n) is 12.1. The number of nitrogens with zero attached hydrogens (tertiary/aromatic N) is 3. The molecule has 1 heterocycles. The fourth-order valence-corrected chi connectivity index (χ4v) is 3.18. The summed E-state index contributed by atoms with van der Waals surface area (Å²) in [7, 11) is 1.99. The quantitative estimate of drug-likeness (QED) is 0.891. The van der Waals surface area contributed by atoms with Crippen molar-refractivity contribution >= 4 is 27.7 Å². The third kappa shape index (κ3) is 3.84. The molecule has 0 saturated heterocycles. The molecule has 1 aromatic carbocycles. The highest BCUT2D eigenvalue weighted by atomic mass is 79.9. The van der Waals surface area contributed by atoms with Gasteiger partial charge in [-0.2, -0.15) is 0 Å². The van der Waals surface area contributed by atoms with Crippen LogP contribution in [0.15, 0.2) is 32.7 Å². The van der Waals surface area contributed by atoms with Crippen molar-refractivity contribution in [3.8, 4) is 0 Å². The standard InChI is InChI=1S/C14H19BrN4S/c1-9(2)16-8-11-5-6-12(15)7-13(11)20-14-18-17-10(3)19(14)4/h5-7,9,16H,8H2,1-4H3. The van der Waals surface area contributed by atoms with Crippen molar-refractivity contribution in [1.82, 2.24) is 20.1 Å². The summed E-state index contributed by atoms with van der Waals surface area (Å²) in [4.78, 5) is 1.20. The number of nitrogens with one attached hydrogen (secondary N) is 1. The van der Waals surface area contributed by atoms with Gasteiger partial charge in [0, 0.05) is 29.0 Å². The van der Waals surface area contributed by atoms with Gasteiger partial charge in [0.05, 0.1) is 0 Å². The summed E-state index contributed by atoms with van der Waals surface area (Å²) in [5.74, 6) is 0.921. The molecule has 0 bridgehead atoms. The normalized spacial score (nSPS) is 11.3. The van der Waals surface area contributed by atoms with E-state index in [1.807, 2.05) is 18.5 Å². The Labute approximate surface area is 132 Å². The van der Waals surface area contributed by atoms with Crippen LogP contribution in [0.4, 0.5) is 0 Å². The van der Waals surface area contributed by atoms with Gasteiger partial charge in [-0.3, -0.25) is 0 Å². The third-order valence-electron chi connectivity index (χ3n) is 2.98. The van der Waals surface area contributed by atoms with Crippen molar-refractivity contribution < 1.29 is 0 Å². The van der Waals surface area contributed by atoms with E-state index in [0.717, 1.165) is 22.0 Å². The number of halogens is 1. The van der Waals surface area contributed by atoms with Gasteiger partial charge in [-0.25, -0.2) is 0 Å². The van der Waals surface area contributed by atoms with Gasteiger partial charge in [0.25, 0.3) is 0 Å². The Bertz CT molecular complexity index is 595. The molecule has 0 aliphatic rings. The Balaban J connectivity index is 2.25. The van der Waals surface area contributed by atoms with Crippen molar-refractivity contribution in [2.24, 2.45) is 7.05 Å². The highest BCUT2D eigenvalue weighted by molar-refractivity contribution is 9.10. The van der Waals surface area contributed by atoms with Crippen LogP contribution in [0, 0.1) is 6.92 Å². The maximum absolute atomic E-state index is 4.22. The smallest absolute Gasteiger partial charge is 0.195 e. The van der Waals surface area contributed by atoms with E-state index >= 15 is 0 Å². The van der Waals surface area contributed by atoms with Crippen molar-refractivity contribution in [3.63, 3.8) is 0 Å². The molecule has 0 fully saturated rings. The molecule has 1 aromatic heterocycles. The molecule has 0 radical (unpaired) electrons. The van der Waals surface area contributed by atoms with Gasteiger partial charge in [0.1, 0.15) is 5.82 Å². The van der Waals surface area contributed by atoms with Gasteiger partial charge >= 0.3 is 0 Å². The van der Waals surface area contributed by atoms with Gasteiger partial charge in [0.2, 0.25) is 0 Å². The van der Waals surface area contributed by atoms with Crippen molar-refractivity contribution in [3.05, 3.63) is 34.1 Å². The van der Waals surface area contributed by atoms with Crippen LogP contribution < -0.4 is 5.32 Å². The van der Waals surface area contributed by atoms with Crippen LogP contribution in [0.3, 0.4) is 0 Å². The summed E-state index contributed by atoms with van der Waals surface area (Å²) in [5, 5.41) is 12.7. The van der Waals surface area contributed by atoms with Crippen LogP contribution in [0.5, 0.6) is 0 Å². The second-order valence-corrected chi connectivity index (χ2v) is 6.90. The fraction of sp³-hybridized carbons (Fsp3) is 0.429. The van der Waals surface area contributed by atoms with Crippen molar-refractivity contribution in [2.75, 3.05) is 0 Å². The molecule has 0 spiro atoms. The zero-order chi connectivity index (χ0) is 14.7. The first kappa shape index (κ1) is 15.5. The van der Waals surface area contributed by atoms with Gasteiger partial charge < -0.3 is 9.88 Å². The predicted molar refractivity (Wildman–Crippen MR) is 86.0 cm³/mol. The van der Waals surface area contributed by atoms with Crippen LogP contribution in [0.1, 0.15) is 25.2 Å². The summed E-state index contributed by atoms with van der Waals surface area (Å²) in [6, 6.07) is 6.81. The fourth-order valence-electron chi connectivity index (χ4n) is 1.66. The van der Waals surface area contributed by atoms with E-state index in [9.17, 15) is 0 Å². The Kier molecular flexibility index (Phi) is 5.23. The minimum Gasteiger partial charge on any atom is -0.310 e. The number of hydrogen-bond acceptors (Lipinski definition) is 4. The van der Waals surface area contributed by atoms with Gasteiger partial charge in [0.15, 0.2) is 5.16 Å². The minimum atomic E-state index is 0.466. The topological polar surface area (TPSA) is 42.7 Å². The molecular weight excluding hydrogens is 336 g/mol. The molecule has 0 saturated carbocycles. The number of hydrogen-bond donors (Lipinski definition) is 1. The minimum absolute atomic E-state index is 0.466. The lowest BCUT2D eigenvalue weighted by Gasteiger charge is -2.12. The molecule has 1 N–H and O–H groups in total. The van der Waals surface area contributed by atoms with E-state index in [-0.39, 0.29) is 0 Å². The molecule has 20 heavy (non-hydrogen) atoms. The first-order valence-electron chi connectivity index (χ1n) is 6.53. The van der Waals surface area contributed by atoms with Crippen LogP contribution in [0.25, 0.3) is 0 Å². The molecule has 0 aliphatic carbocycles. The van der Waals surface area contributed by atoms with Crippen LogP contribution >= 0.6 is 27.7 Å². The van der Waals surface area contributed by atoms with Crippen molar-refractivity contribution in [1.29, 1.82) is 0 Å². The van der Waals surface area contributed by atoms with Crippen LogP contribution in [-0.2, 0) is 13.6 Å².